The van der Waals surface area contributed by atoms with E-state index in [4.69, 9.17) is 11.6 Å². The van der Waals surface area contributed by atoms with Crippen LogP contribution in [-0.2, 0) is 14.4 Å². The minimum absolute atomic E-state index is 0.0670. The molecule has 1 aromatic carbocycles. The molecule has 174 valence electrons. The first-order valence-electron chi connectivity index (χ1n) is 10.1. The Hall–Kier alpha value is -2.29. The molecule has 0 bridgehead atoms. The topological polar surface area (TPSA) is 139 Å². The van der Waals surface area contributed by atoms with Gasteiger partial charge in [0, 0.05) is 0 Å². The van der Waals surface area contributed by atoms with Crippen molar-refractivity contribution < 1.29 is 14.4 Å². The van der Waals surface area contributed by atoms with Crippen LogP contribution >= 0.6 is 0 Å². The van der Waals surface area contributed by atoms with E-state index < -0.39 is 0 Å². The number of amides is 2. The van der Waals surface area contributed by atoms with Gasteiger partial charge in [0.05, 0.1) is 19.1 Å². The van der Waals surface area contributed by atoms with E-state index in [0.29, 0.717) is 12.3 Å². The van der Waals surface area contributed by atoms with E-state index >= 15 is 0 Å². The zero-order valence-electron chi connectivity index (χ0n) is 19.7. The summed E-state index contributed by atoms with van der Waals surface area (Å²) in [6.07, 6.45) is 1.41. The average molecular weight is 426 g/mol. The van der Waals surface area contributed by atoms with Crippen molar-refractivity contribution in [2.24, 2.45) is 23.4 Å². The monoisotopic (exact) mass is 425 g/mol. The Labute approximate surface area is 182 Å². The number of nitrogens with two attached hydrogens (primary N) is 2. The Bertz CT molecular complexity index is 534. The van der Waals surface area contributed by atoms with Gasteiger partial charge in [-0.2, -0.15) is 0 Å². The molecule has 0 fully saturated rings. The lowest BCUT2D eigenvalue weighted by Gasteiger charge is -2.13. The van der Waals surface area contributed by atoms with Crippen LogP contribution in [-0.4, -0.2) is 44.3 Å². The molecule has 0 aliphatic heterocycles. The molecule has 8 heteroatoms. The molecule has 2 amide bonds. The molecule has 0 aliphatic carbocycles. The predicted molar refractivity (Wildman–Crippen MR) is 124 cm³/mol. The van der Waals surface area contributed by atoms with Crippen molar-refractivity contribution in [1.29, 1.82) is 0 Å². The highest BCUT2D eigenvalue weighted by molar-refractivity contribution is 5.81. The Morgan fingerprint density at radius 3 is 1.77 bits per heavy atom. The first-order valence-corrected chi connectivity index (χ1v) is 10.1. The third-order valence-corrected chi connectivity index (χ3v) is 2.86. The summed E-state index contributed by atoms with van der Waals surface area (Å²) < 4.78 is 0. The summed E-state index contributed by atoms with van der Waals surface area (Å²) in [4.78, 5) is 31.3. The number of hydrogen-bond donors (Lipinski definition) is 5. The number of aldehydes is 1. The number of rotatable bonds is 7. The van der Waals surface area contributed by atoms with E-state index in [1.807, 2.05) is 37.5 Å². The third kappa shape index (κ3) is 30.4. The highest BCUT2D eigenvalue weighted by Gasteiger charge is 2.11. The van der Waals surface area contributed by atoms with E-state index in [9.17, 15) is 14.4 Å². The zero-order valence-corrected chi connectivity index (χ0v) is 19.7. The van der Waals surface area contributed by atoms with Crippen molar-refractivity contribution in [3.8, 4) is 0 Å². The van der Waals surface area contributed by atoms with Crippen LogP contribution < -0.4 is 27.6 Å². The molecular formula is C22H43N5O3. The summed E-state index contributed by atoms with van der Waals surface area (Å²) in [6.45, 7) is 12.8. The molecule has 1 unspecified atom stereocenters. The van der Waals surface area contributed by atoms with Crippen LogP contribution in [0.25, 0.3) is 0 Å². The zero-order chi connectivity index (χ0) is 23.9. The van der Waals surface area contributed by atoms with Gasteiger partial charge in [-0.3, -0.25) is 15.0 Å². The minimum atomic E-state index is -0.388. The maximum Gasteiger partial charge on any atom is 0.247 e. The van der Waals surface area contributed by atoms with Crippen LogP contribution in [0.2, 0.25) is 0 Å². The van der Waals surface area contributed by atoms with Crippen molar-refractivity contribution in [3.63, 3.8) is 0 Å². The Morgan fingerprint density at radius 2 is 1.53 bits per heavy atom. The fraction of sp³-hybridized carbons (Fsp3) is 0.591. The van der Waals surface area contributed by atoms with Gasteiger partial charge in [0.1, 0.15) is 6.29 Å². The van der Waals surface area contributed by atoms with Gasteiger partial charge in [-0.1, -0.05) is 70.5 Å². The van der Waals surface area contributed by atoms with Gasteiger partial charge in [0.25, 0.3) is 0 Å². The number of carbonyl (C=O) groups excluding carboxylic acids is 3. The van der Waals surface area contributed by atoms with E-state index in [1.165, 1.54) is 5.56 Å². The SMILES string of the molecule is CC(C)C.CC(C)CC(C=O)NC(=O)CN.CNCC(=O)NN.Cc1ccccc1. The lowest BCUT2D eigenvalue weighted by Crippen LogP contribution is -2.40. The normalized spacial score (nSPS) is 10.2. The van der Waals surface area contributed by atoms with Crippen molar-refractivity contribution in [1.82, 2.24) is 16.1 Å². The van der Waals surface area contributed by atoms with Crippen LogP contribution in [0.1, 0.15) is 46.6 Å². The number of aryl methyl sites for hydroxylation is 1. The lowest BCUT2D eigenvalue weighted by atomic mass is 10.1. The summed E-state index contributed by atoms with van der Waals surface area (Å²) in [5.41, 5.74) is 8.36. The number of nitrogens with one attached hydrogen (secondary N) is 3. The summed E-state index contributed by atoms with van der Waals surface area (Å²) in [5.74, 6) is 5.45. The van der Waals surface area contributed by atoms with E-state index in [2.05, 4.69) is 50.5 Å². The lowest BCUT2D eigenvalue weighted by molar-refractivity contribution is -0.123. The molecule has 0 radical (unpaired) electrons. The molecule has 1 aromatic rings. The fourth-order valence-electron chi connectivity index (χ4n) is 1.67. The molecule has 0 spiro atoms. The van der Waals surface area contributed by atoms with Crippen molar-refractivity contribution in [2.75, 3.05) is 20.1 Å². The highest BCUT2D eigenvalue weighted by atomic mass is 16.2. The second-order valence-electron chi connectivity index (χ2n) is 7.63. The predicted octanol–water partition coefficient (Wildman–Crippen LogP) is 1.53. The molecule has 30 heavy (non-hydrogen) atoms. The van der Waals surface area contributed by atoms with E-state index in [1.54, 1.807) is 7.05 Å². The van der Waals surface area contributed by atoms with Crippen molar-refractivity contribution in [3.05, 3.63) is 35.9 Å². The van der Waals surface area contributed by atoms with Crippen molar-refractivity contribution in [2.45, 2.75) is 54.0 Å². The Kier molecular flexibility index (Phi) is 24.8. The smallest absolute Gasteiger partial charge is 0.247 e. The number of carbonyl (C=O) groups is 3. The number of hydrazine groups is 1. The van der Waals surface area contributed by atoms with Gasteiger partial charge >= 0.3 is 0 Å². The summed E-state index contributed by atoms with van der Waals surface area (Å²) in [7, 11) is 1.68. The Morgan fingerprint density at radius 1 is 1.03 bits per heavy atom. The quantitative estimate of drug-likeness (QED) is 0.194. The van der Waals surface area contributed by atoms with E-state index in [0.717, 1.165) is 12.2 Å². The molecule has 0 heterocycles. The number of likely N-dealkylation sites (N-methyl/N-ethyl adjacent to an activating group) is 1. The third-order valence-electron chi connectivity index (χ3n) is 2.86. The van der Waals surface area contributed by atoms with Crippen LogP contribution in [0.15, 0.2) is 30.3 Å². The minimum Gasteiger partial charge on any atom is -0.345 e. The fourth-order valence-corrected chi connectivity index (χ4v) is 1.67. The first kappa shape index (κ1) is 32.4. The number of benzene rings is 1. The summed E-state index contributed by atoms with van der Waals surface area (Å²) in [5, 5.41) is 5.14. The average Bonchev–Trinajstić information content (AvgIpc) is 2.68. The Balaban J connectivity index is -0.000000349. The van der Waals surface area contributed by atoms with Crippen LogP contribution in [0.4, 0.5) is 0 Å². The molecular weight excluding hydrogens is 382 g/mol. The van der Waals surface area contributed by atoms with Gasteiger partial charge in [0.2, 0.25) is 11.8 Å². The number of hydrogen-bond acceptors (Lipinski definition) is 6. The largest absolute Gasteiger partial charge is 0.345 e. The van der Waals surface area contributed by atoms with Gasteiger partial charge < -0.3 is 21.2 Å². The molecule has 7 N–H and O–H groups in total. The van der Waals surface area contributed by atoms with Gasteiger partial charge in [0.15, 0.2) is 0 Å². The second kappa shape index (κ2) is 23.0. The van der Waals surface area contributed by atoms with Crippen molar-refractivity contribution >= 4 is 18.1 Å². The highest BCUT2D eigenvalue weighted by Crippen LogP contribution is 2.02. The first-order chi connectivity index (χ1) is 14.0. The van der Waals surface area contributed by atoms with Gasteiger partial charge in [-0.25, -0.2) is 5.84 Å². The molecule has 0 saturated heterocycles. The maximum absolute atomic E-state index is 10.8. The maximum atomic E-state index is 10.8. The van der Waals surface area contributed by atoms with Gasteiger partial charge in [-0.15, -0.1) is 0 Å². The van der Waals surface area contributed by atoms with Crippen LogP contribution in [0, 0.1) is 18.8 Å². The van der Waals surface area contributed by atoms with Crippen LogP contribution in [0.3, 0.4) is 0 Å². The second-order valence-corrected chi connectivity index (χ2v) is 7.63. The molecule has 0 aromatic heterocycles. The molecule has 1 atom stereocenters. The summed E-state index contributed by atoms with van der Waals surface area (Å²) >= 11 is 0. The van der Waals surface area contributed by atoms with E-state index in [-0.39, 0.29) is 30.9 Å². The van der Waals surface area contributed by atoms with Gasteiger partial charge in [-0.05, 0) is 32.2 Å². The standard InChI is InChI=1S/C8H16N2O2.C7H8.C4H10.C3H9N3O/c1-6(2)3-7(5-11)10-8(12)4-9;1-7-5-3-2-4-6-7;1-4(2)3;1-5-2-3(7)6-4/h5-7H,3-4,9H2,1-2H3,(H,10,12);2-6H,1H3;4H,1-3H3;5H,2,4H2,1H3,(H,6,7). The molecule has 0 aliphatic rings. The summed E-state index contributed by atoms with van der Waals surface area (Å²) in [6, 6.07) is 9.87. The molecule has 0 saturated carbocycles. The molecule has 1 rings (SSSR count). The molecule has 8 nitrogen and oxygen atoms in total. The van der Waals surface area contributed by atoms with Crippen LogP contribution in [0.5, 0.6) is 0 Å².